The Bertz CT molecular complexity index is 539. The first-order valence-corrected chi connectivity index (χ1v) is 8.28. The molecule has 0 bridgehead atoms. The molecule has 0 unspecified atom stereocenters. The van der Waals surface area contributed by atoms with Gasteiger partial charge in [-0.15, -0.1) is 0 Å². The minimum Gasteiger partial charge on any atom is -0.382 e. The van der Waals surface area contributed by atoms with Crippen molar-refractivity contribution in [1.29, 1.82) is 0 Å². The number of anilines is 1. The third kappa shape index (κ3) is 3.51. The summed E-state index contributed by atoms with van der Waals surface area (Å²) in [5.41, 5.74) is 5.94. The molecule has 2 aliphatic rings. The maximum absolute atomic E-state index is 6.20. The summed E-state index contributed by atoms with van der Waals surface area (Å²) in [5.74, 6) is 0. The summed E-state index contributed by atoms with van der Waals surface area (Å²) in [6.45, 7) is 9.43. The lowest BCUT2D eigenvalue weighted by Gasteiger charge is -2.33. The second-order valence-electron chi connectivity index (χ2n) is 5.62. The average molecular weight is 323 g/mol. The molecule has 2 aliphatic heterocycles. The number of fused-ring (bicyclic) bond motifs is 1. The number of piperazine rings is 1. The van der Waals surface area contributed by atoms with Gasteiger partial charge in [-0.2, -0.15) is 5.10 Å². The van der Waals surface area contributed by atoms with Crippen LogP contribution in [-0.2, 0) is 0 Å². The second kappa shape index (κ2) is 7.26. The molecule has 1 aromatic heterocycles. The minimum atomic E-state index is 0.702. The highest BCUT2D eigenvalue weighted by Crippen LogP contribution is 2.27. The van der Waals surface area contributed by atoms with Crippen LogP contribution in [0.4, 0.5) is 5.69 Å². The molecule has 2 N–H and O–H groups in total. The van der Waals surface area contributed by atoms with Crippen molar-refractivity contribution in [2.24, 2.45) is 5.10 Å². The van der Waals surface area contributed by atoms with Gasteiger partial charge in [0.15, 0.2) is 0 Å². The van der Waals surface area contributed by atoms with Crippen LogP contribution in [0, 0.1) is 0 Å². The van der Waals surface area contributed by atoms with Crippen molar-refractivity contribution in [2.45, 2.75) is 13.3 Å². The molecule has 3 heterocycles. The van der Waals surface area contributed by atoms with Crippen LogP contribution in [0.1, 0.15) is 19.0 Å². The number of likely N-dealkylation sites (N-methyl/N-ethyl adjacent to an activating group) is 1. The maximum Gasteiger partial charge on any atom is 0.111 e. The van der Waals surface area contributed by atoms with Gasteiger partial charge in [0.1, 0.15) is 5.69 Å². The van der Waals surface area contributed by atoms with E-state index in [0.717, 1.165) is 69.5 Å². The Labute approximate surface area is 136 Å². The van der Waals surface area contributed by atoms with Crippen LogP contribution in [0.15, 0.2) is 17.4 Å². The number of hydrazone groups is 1. The number of pyridine rings is 1. The third-order valence-electron chi connectivity index (χ3n) is 4.26. The van der Waals surface area contributed by atoms with Crippen LogP contribution < -0.4 is 10.7 Å². The van der Waals surface area contributed by atoms with E-state index >= 15 is 0 Å². The van der Waals surface area contributed by atoms with E-state index in [-0.39, 0.29) is 0 Å². The minimum absolute atomic E-state index is 0.702. The predicted molar refractivity (Wildman–Crippen MR) is 90.6 cm³/mol. The SMILES string of the molecule is CCN1CCN(CN/N=C2/CCNc3c(Cl)ccnc32)CC1. The van der Waals surface area contributed by atoms with Gasteiger partial charge in [0.05, 0.1) is 23.1 Å². The van der Waals surface area contributed by atoms with E-state index in [0.29, 0.717) is 5.02 Å². The van der Waals surface area contributed by atoms with Crippen LogP contribution in [-0.4, -0.2) is 66.4 Å². The number of hydrogen-bond donors (Lipinski definition) is 2. The number of nitrogens with one attached hydrogen (secondary N) is 2. The van der Waals surface area contributed by atoms with Crippen LogP contribution >= 0.6 is 11.6 Å². The molecule has 120 valence electrons. The van der Waals surface area contributed by atoms with Gasteiger partial charge in [0, 0.05) is 45.3 Å². The van der Waals surface area contributed by atoms with E-state index in [1.165, 1.54) is 0 Å². The van der Waals surface area contributed by atoms with Gasteiger partial charge in [0.2, 0.25) is 0 Å². The molecule has 0 radical (unpaired) electrons. The molecule has 0 saturated carbocycles. The Morgan fingerprint density at radius 1 is 1.32 bits per heavy atom. The second-order valence-corrected chi connectivity index (χ2v) is 6.03. The molecule has 7 heteroatoms. The highest BCUT2D eigenvalue weighted by atomic mass is 35.5. The molecule has 3 rings (SSSR count). The molecule has 1 aromatic rings. The van der Waals surface area contributed by atoms with Crippen molar-refractivity contribution in [3.8, 4) is 0 Å². The van der Waals surface area contributed by atoms with Gasteiger partial charge in [-0.25, -0.2) is 0 Å². The first-order chi connectivity index (χ1) is 10.8. The Kier molecular flexibility index (Phi) is 5.12. The summed E-state index contributed by atoms with van der Waals surface area (Å²) >= 11 is 6.20. The molecule has 0 aliphatic carbocycles. The van der Waals surface area contributed by atoms with Crippen molar-refractivity contribution < 1.29 is 0 Å². The van der Waals surface area contributed by atoms with E-state index in [2.05, 4.69) is 37.6 Å². The van der Waals surface area contributed by atoms with Crippen molar-refractivity contribution in [1.82, 2.24) is 20.2 Å². The predicted octanol–water partition coefficient (Wildman–Crippen LogP) is 1.44. The number of nitrogens with zero attached hydrogens (tertiary/aromatic N) is 4. The quantitative estimate of drug-likeness (QED) is 0.822. The Balaban J connectivity index is 1.57. The molecule has 0 aromatic carbocycles. The smallest absolute Gasteiger partial charge is 0.111 e. The fraction of sp³-hybridized carbons (Fsp3) is 0.600. The van der Waals surface area contributed by atoms with E-state index < -0.39 is 0 Å². The van der Waals surface area contributed by atoms with Crippen LogP contribution in [0.2, 0.25) is 5.02 Å². The fourth-order valence-electron chi connectivity index (χ4n) is 2.85. The summed E-state index contributed by atoms with van der Waals surface area (Å²) in [4.78, 5) is 9.27. The van der Waals surface area contributed by atoms with Crippen LogP contribution in [0.25, 0.3) is 0 Å². The van der Waals surface area contributed by atoms with Gasteiger partial charge in [0.25, 0.3) is 0 Å². The highest BCUT2D eigenvalue weighted by molar-refractivity contribution is 6.34. The van der Waals surface area contributed by atoms with Crippen molar-refractivity contribution in [2.75, 3.05) is 51.3 Å². The first kappa shape index (κ1) is 15.5. The molecule has 22 heavy (non-hydrogen) atoms. The van der Waals surface area contributed by atoms with Gasteiger partial charge in [-0.1, -0.05) is 18.5 Å². The zero-order chi connectivity index (χ0) is 15.4. The summed E-state index contributed by atoms with van der Waals surface area (Å²) in [6, 6.07) is 1.80. The monoisotopic (exact) mass is 322 g/mol. The highest BCUT2D eigenvalue weighted by Gasteiger charge is 2.19. The lowest BCUT2D eigenvalue weighted by atomic mass is 10.1. The molecule has 6 nitrogen and oxygen atoms in total. The fourth-order valence-corrected chi connectivity index (χ4v) is 3.07. The van der Waals surface area contributed by atoms with Gasteiger partial charge < -0.3 is 10.2 Å². The molecule has 1 saturated heterocycles. The molecule has 1 fully saturated rings. The van der Waals surface area contributed by atoms with Gasteiger partial charge in [-0.3, -0.25) is 15.3 Å². The summed E-state index contributed by atoms with van der Waals surface area (Å²) in [6.07, 6.45) is 2.59. The van der Waals surface area contributed by atoms with Crippen molar-refractivity contribution >= 4 is 23.0 Å². The van der Waals surface area contributed by atoms with E-state index in [1.54, 1.807) is 12.3 Å². The number of halogens is 1. The molecular formula is C15H23ClN6. The van der Waals surface area contributed by atoms with E-state index in [4.69, 9.17) is 11.6 Å². The van der Waals surface area contributed by atoms with Gasteiger partial charge >= 0.3 is 0 Å². The number of rotatable bonds is 4. The van der Waals surface area contributed by atoms with Crippen molar-refractivity contribution in [3.63, 3.8) is 0 Å². The zero-order valence-electron chi connectivity index (χ0n) is 13.0. The lowest BCUT2D eigenvalue weighted by molar-refractivity contribution is 0.130. The molecular weight excluding hydrogens is 300 g/mol. The van der Waals surface area contributed by atoms with Crippen molar-refractivity contribution in [3.05, 3.63) is 23.0 Å². The summed E-state index contributed by atoms with van der Waals surface area (Å²) < 4.78 is 0. The summed E-state index contributed by atoms with van der Waals surface area (Å²) in [7, 11) is 0. The Morgan fingerprint density at radius 2 is 2.09 bits per heavy atom. The lowest BCUT2D eigenvalue weighted by Crippen LogP contribution is -2.48. The molecule has 0 spiro atoms. The zero-order valence-corrected chi connectivity index (χ0v) is 13.7. The Morgan fingerprint density at radius 3 is 2.86 bits per heavy atom. The van der Waals surface area contributed by atoms with Gasteiger partial charge in [-0.05, 0) is 12.6 Å². The average Bonchev–Trinajstić information content (AvgIpc) is 2.56. The third-order valence-corrected chi connectivity index (χ3v) is 4.57. The summed E-state index contributed by atoms with van der Waals surface area (Å²) in [5, 5.41) is 8.54. The van der Waals surface area contributed by atoms with E-state index in [9.17, 15) is 0 Å². The van der Waals surface area contributed by atoms with Crippen LogP contribution in [0.5, 0.6) is 0 Å². The normalized spacial score (nSPS) is 21.5. The standard InChI is InChI=1S/C15H23ClN6/c1-2-21-7-9-22(10-8-21)11-19-20-13-4-6-17-14-12(16)3-5-18-15(13)14/h3,5,17,19H,2,4,6-11H2,1H3/b20-13-. The van der Waals surface area contributed by atoms with E-state index in [1.807, 2.05) is 0 Å². The Hall–Kier alpha value is -1.37. The topological polar surface area (TPSA) is 55.8 Å². The number of aromatic nitrogens is 1. The maximum atomic E-state index is 6.20. The molecule has 0 atom stereocenters. The largest absolute Gasteiger partial charge is 0.382 e. The molecule has 0 amide bonds. The van der Waals surface area contributed by atoms with Crippen LogP contribution in [0.3, 0.4) is 0 Å². The number of hydrogen-bond acceptors (Lipinski definition) is 6. The first-order valence-electron chi connectivity index (χ1n) is 7.91.